The zero-order valence-corrected chi connectivity index (χ0v) is 13.0. The Bertz CT molecular complexity index is 838. The van der Waals surface area contributed by atoms with E-state index in [1.165, 1.54) is 12.1 Å². The van der Waals surface area contributed by atoms with Crippen LogP contribution in [0.5, 0.6) is 0 Å². The molecule has 0 atom stereocenters. The van der Waals surface area contributed by atoms with Gasteiger partial charge in [-0.2, -0.15) is 0 Å². The predicted octanol–water partition coefficient (Wildman–Crippen LogP) is 4.62. The summed E-state index contributed by atoms with van der Waals surface area (Å²) in [7, 11) is 0. The maximum atomic E-state index is 13.0. The standard InChI is InChI=1S/C18H17FN2O2/c1-11(2)9-17(22)20-14-7-8-16-15(10-14)21-18(23-16)12-3-5-13(19)6-4-12/h3-8,10-11H,9H2,1-2H3,(H,20,22). The molecule has 3 aromatic rings. The Hall–Kier alpha value is -2.69. The second kappa shape index (κ2) is 6.20. The number of rotatable bonds is 4. The van der Waals surface area contributed by atoms with E-state index in [0.29, 0.717) is 40.6 Å². The van der Waals surface area contributed by atoms with Gasteiger partial charge in [-0.3, -0.25) is 4.79 Å². The molecule has 1 N–H and O–H groups in total. The summed E-state index contributed by atoms with van der Waals surface area (Å²) in [5.74, 6) is 0.392. The highest BCUT2D eigenvalue weighted by Gasteiger charge is 2.10. The number of anilines is 1. The third kappa shape index (κ3) is 3.56. The molecule has 1 amide bonds. The van der Waals surface area contributed by atoms with E-state index in [9.17, 15) is 9.18 Å². The first-order valence-corrected chi connectivity index (χ1v) is 7.47. The SMILES string of the molecule is CC(C)CC(=O)Nc1ccc2oc(-c3ccc(F)cc3)nc2c1. The Morgan fingerprint density at radius 1 is 1.22 bits per heavy atom. The average Bonchev–Trinajstić information content (AvgIpc) is 2.90. The smallest absolute Gasteiger partial charge is 0.227 e. The van der Waals surface area contributed by atoms with E-state index in [1.807, 2.05) is 13.8 Å². The first kappa shape index (κ1) is 15.2. The molecule has 0 aliphatic rings. The van der Waals surface area contributed by atoms with Crippen molar-refractivity contribution in [2.45, 2.75) is 20.3 Å². The van der Waals surface area contributed by atoms with E-state index >= 15 is 0 Å². The Balaban J connectivity index is 1.86. The minimum atomic E-state index is -0.306. The van der Waals surface area contributed by atoms with Gasteiger partial charge in [0.2, 0.25) is 11.8 Å². The normalized spacial score (nSPS) is 11.1. The number of amides is 1. The van der Waals surface area contributed by atoms with Crippen molar-refractivity contribution in [3.8, 4) is 11.5 Å². The number of aromatic nitrogens is 1. The van der Waals surface area contributed by atoms with Crippen molar-refractivity contribution >= 4 is 22.7 Å². The van der Waals surface area contributed by atoms with Crippen LogP contribution in [0.4, 0.5) is 10.1 Å². The fourth-order valence-corrected chi connectivity index (χ4v) is 2.30. The summed E-state index contributed by atoms with van der Waals surface area (Å²) in [6, 6.07) is 11.3. The summed E-state index contributed by atoms with van der Waals surface area (Å²) >= 11 is 0. The number of carbonyl (C=O) groups is 1. The third-order valence-electron chi connectivity index (χ3n) is 3.36. The lowest BCUT2D eigenvalue weighted by Crippen LogP contribution is -2.13. The van der Waals surface area contributed by atoms with E-state index in [4.69, 9.17) is 4.42 Å². The van der Waals surface area contributed by atoms with Crippen LogP contribution in [0.2, 0.25) is 0 Å². The fraction of sp³-hybridized carbons (Fsp3) is 0.222. The summed E-state index contributed by atoms with van der Waals surface area (Å²) in [6.45, 7) is 3.99. The lowest BCUT2D eigenvalue weighted by atomic mass is 10.1. The van der Waals surface area contributed by atoms with Gasteiger partial charge in [-0.05, 0) is 48.4 Å². The Kier molecular flexibility index (Phi) is 4.10. The van der Waals surface area contributed by atoms with Crippen LogP contribution in [-0.2, 0) is 4.79 Å². The van der Waals surface area contributed by atoms with Crippen LogP contribution >= 0.6 is 0 Å². The molecule has 0 spiro atoms. The van der Waals surface area contributed by atoms with Gasteiger partial charge in [0.25, 0.3) is 0 Å². The van der Waals surface area contributed by atoms with Crippen molar-refractivity contribution in [2.24, 2.45) is 5.92 Å². The molecular weight excluding hydrogens is 295 g/mol. The molecule has 0 unspecified atom stereocenters. The molecule has 2 aromatic carbocycles. The molecule has 1 heterocycles. The molecule has 0 aliphatic carbocycles. The van der Waals surface area contributed by atoms with Gasteiger partial charge < -0.3 is 9.73 Å². The molecule has 0 saturated carbocycles. The van der Waals surface area contributed by atoms with Crippen LogP contribution in [-0.4, -0.2) is 10.9 Å². The number of halogens is 1. The highest BCUT2D eigenvalue weighted by atomic mass is 19.1. The Morgan fingerprint density at radius 2 is 1.96 bits per heavy atom. The summed E-state index contributed by atoms with van der Waals surface area (Å²) < 4.78 is 18.7. The highest BCUT2D eigenvalue weighted by molar-refractivity contribution is 5.93. The van der Waals surface area contributed by atoms with Crippen LogP contribution in [0.1, 0.15) is 20.3 Å². The van der Waals surface area contributed by atoms with Crippen LogP contribution in [0.25, 0.3) is 22.6 Å². The summed E-state index contributed by atoms with van der Waals surface area (Å²) in [5, 5.41) is 2.85. The van der Waals surface area contributed by atoms with Gasteiger partial charge in [0.1, 0.15) is 11.3 Å². The van der Waals surface area contributed by atoms with E-state index < -0.39 is 0 Å². The minimum Gasteiger partial charge on any atom is -0.436 e. The number of hydrogen-bond donors (Lipinski definition) is 1. The fourth-order valence-electron chi connectivity index (χ4n) is 2.30. The number of nitrogens with one attached hydrogen (secondary N) is 1. The number of oxazole rings is 1. The van der Waals surface area contributed by atoms with E-state index in [0.717, 1.165) is 0 Å². The molecule has 0 bridgehead atoms. The lowest BCUT2D eigenvalue weighted by molar-refractivity contribution is -0.116. The van der Waals surface area contributed by atoms with Crippen molar-refractivity contribution < 1.29 is 13.6 Å². The van der Waals surface area contributed by atoms with Gasteiger partial charge in [0, 0.05) is 17.7 Å². The van der Waals surface area contributed by atoms with Crippen molar-refractivity contribution in [3.05, 3.63) is 48.3 Å². The molecule has 23 heavy (non-hydrogen) atoms. The molecule has 4 nitrogen and oxygen atoms in total. The van der Waals surface area contributed by atoms with Crippen LogP contribution in [0.3, 0.4) is 0 Å². The number of hydrogen-bond acceptors (Lipinski definition) is 3. The molecule has 0 aliphatic heterocycles. The quantitative estimate of drug-likeness (QED) is 0.765. The van der Waals surface area contributed by atoms with Crippen LogP contribution < -0.4 is 5.32 Å². The number of benzene rings is 2. The van der Waals surface area contributed by atoms with Crippen molar-refractivity contribution in [1.82, 2.24) is 4.98 Å². The van der Waals surface area contributed by atoms with Crippen molar-refractivity contribution in [3.63, 3.8) is 0 Å². The maximum absolute atomic E-state index is 13.0. The Morgan fingerprint density at radius 3 is 2.65 bits per heavy atom. The molecule has 0 saturated heterocycles. The second-order valence-corrected chi connectivity index (χ2v) is 5.85. The monoisotopic (exact) mass is 312 g/mol. The molecule has 1 aromatic heterocycles. The summed E-state index contributed by atoms with van der Waals surface area (Å²) in [4.78, 5) is 16.2. The topological polar surface area (TPSA) is 55.1 Å². The molecule has 118 valence electrons. The third-order valence-corrected chi connectivity index (χ3v) is 3.36. The van der Waals surface area contributed by atoms with Gasteiger partial charge in [-0.1, -0.05) is 13.8 Å². The van der Waals surface area contributed by atoms with E-state index in [1.54, 1.807) is 30.3 Å². The molecule has 0 fully saturated rings. The summed E-state index contributed by atoms with van der Waals surface area (Å²) in [5.41, 5.74) is 2.65. The average molecular weight is 312 g/mol. The van der Waals surface area contributed by atoms with E-state index in [-0.39, 0.29) is 11.7 Å². The van der Waals surface area contributed by atoms with Crippen molar-refractivity contribution in [2.75, 3.05) is 5.32 Å². The van der Waals surface area contributed by atoms with Crippen LogP contribution in [0, 0.1) is 11.7 Å². The molecular formula is C18H17FN2O2. The van der Waals surface area contributed by atoms with Gasteiger partial charge in [0.15, 0.2) is 5.58 Å². The van der Waals surface area contributed by atoms with Crippen molar-refractivity contribution in [1.29, 1.82) is 0 Å². The van der Waals surface area contributed by atoms with Gasteiger partial charge in [-0.15, -0.1) is 0 Å². The number of fused-ring (bicyclic) bond motifs is 1. The van der Waals surface area contributed by atoms with Crippen LogP contribution in [0.15, 0.2) is 46.9 Å². The molecule has 3 rings (SSSR count). The highest BCUT2D eigenvalue weighted by Crippen LogP contribution is 2.26. The van der Waals surface area contributed by atoms with E-state index in [2.05, 4.69) is 10.3 Å². The first-order valence-electron chi connectivity index (χ1n) is 7.47. The van der Waals surface area contributed by atoms with Gasteiger partial charge in [-0.25, -0.2) is 9.37 Å². The molecule has 5 heteroatoms. The number of nitrogens with zero attached hydrogens (tertiary/aromatic N) is 1. The first-order chi connectivity index (χ1) is 11.0. The number of carbonyl (C=O) groups excluding carboxylic acids is 1. The Labute approximate surface area is 133 Å². The van der Waals surface area contributed by atoms with Gasteiger partial charge in [0.05, 0.1) is 0 Å². The maximum Gasteiger partial charge on any atom is 0.227 e. The predicted molar refractivity (Wildman–Crippen MR) is 87.5 cm³/mol. The largest absolute Gasteiger partial charge is 0.436 e. The summed E-state index contributed by atoms with van der Waals surface area (Å²) in [6.07, 6.45) is 0.470. The molecule has 0 radical (unpaired) electrons. The lowest BCUT2D eigenvalue weighted by Gasteiger charge is -2.06. The second-order valence-electron chi connectivity index (χ2n) is 5.85. The van der Waals surface area contributed by atoms with Gasteiger partial charge >= 0.3 is 0 Å². The minimum absolute atomic E-state index is 0.0263. The zero-order valence-electron chi connectivity index (χ0n) is 13.0. The zero-order chi connectivity index (χ0) is 16.4.